The Hall–Kier alpha value is -2.52. The fourth-order valence-corrected chi connectivity index (χ4v) is 3.32. The predicted molar refractivity (Wildman–Crippen MR) is 88.8 cm³/mol. The van der Waals surface area contributed by atoms with E-state index < -0.39 is 5.95 Å². The smallest absolute Gasteiger partial charge is 0.252 e. The third-order valence-corrected chi connectivity index (χ3v) is 4.54. The number of allylic oxidation sites excluding steroid dienone is 1. The zero-order valence-corrected chi connectivity index (χ0v) is 14.0. The van der Waals surface area contributed by atoms with Gasteiger partial charge in [-0.1, -0.05) is 23.9 Å². The number of hydrogen-bond acceptors (Lipinski definition) is 4. The number of nitrogens with zero attached hydrogens (tertiary/aromatic N) is 2. The fraction of sp³-hybridized carbons (Fsp3) is 0.421. The van der Waals surface area contributed by atoms with Gasteiger partial charge in [0, 0.05) is 24.7 Å². The topological polar surface area (TPSA) is 55.6 Å². The Balaban J connectivity index is 1.82. The number of ether oxygens (including phenoxy) is 1. The molecule has 0 saturated carbocycles. The van der Waals surface area contributed by atoms with Crippen LogP contribution >= 0.6 is 0 Å². The number of amidine groups is 1. The van der Waals surface area contributed by atoms with Crippen LogP contribution in [0.2, 0.25) is 0 Å². The molecule has 126 valence electrons. The Bertz CT molecular complexity index is 730. The Morgan fingerprint density at radius 2 is 2.12 bits per heavy atom. The van der Waals surface area contributed by atoms with Gasteiger partial charge >= 0.3 is 0 Å². The highest BCUT2D eigenvalue weighted by molar-refractivity contribution is 5.80. The Morgan fingerprint density at radius 3 is 2.96 bits per heavy atom. The van der Waals surface area contributed by atoms with Crippen molar-refractivity contribution < 1.29 is 19.2 Å². The van der Waals surface area contributed by atoms with Gasteiger partial charge in [0.05, 0.1) is 6.54 Å². The lowest BCUT2D eigenvalue weighted by Crippen LogP contribution is -2.27. The van der Waals surface area contributed by atoms with Crippen molar-refractivity contribution in [2.75, 3.05) is 19.6 Å². The highest BCUT2D eigenvalue weighted by atomic mass is 16.6. The summed E-state index contributed by atoms with van der Waals surface area (Å²) in [5, 5.41) is 12.2. The molecular formula is C19H22N2O3. The summed E-state index contributed by atoms with van der Waals surface area (Å²) >= 11 is 0. The molecule has 3 rings (SSSR count). The van der Waals surface area contributed by atoms with Crippen molar-refractivity contribution in [3.05, 3.63) is 47.2 Å². The fourth-order valence-electron chi connectivity index (χ4n) is 3.32. The first kappa shape index (κ1) is 16.3. The van der Waals surface area contributed by atoms with Crippen molar-refractivity contribution in [3.63, 3.8) is 0 Å². The standard InChI is InChI=1S/C19H22N2O3/c1-15(21-12-11-20-10-6-2-3-9-18(20)21)13-19(23)24-17-8-5-4-7-16(17)14-22/h4-5,7-8,14H,2-3,6,9-12H2,1H3. The SMILES string of the molecule is CC(=C=C([O-])Oc1ccccc1C=O)N1CC[N+]2=C1CCCCC2. The third-order valence-electron chi connectivity index (χ3n) is 4.54. The zero-order valence-electron chi connectivity index (χ0n) is 14.0. The molecule has 5 nitrogen and oxygen atoms in total. The first-order valence-corrected chi connectivity index (χ1v) is 8.44. The van der Waals surface area contributed by atoms with E-state index in [1.54, 1.807) is 24.3 Å². The van der Waals surface area contributed by atoms with Crippen LogP contribution in [0.25, 0.3) is 0 Å². The molecule has 2 aliphatic rings. The van der Waals surface area contributed by atoms with Gasteiger partial charge in [0.1, 0.15) is 24.7 Å². The van der Waals surface area contributed by atoms with Crippen LogP contribution in [0.5, 0.6) is 5.75 Å². The summed E-state index contributed by atoms with van der Waals surface area (Å²) in [4.78, 5) is 13.2. The summed E-state index contributed by atoms with van der Waals surface area (Å²) in [6, 6.07) is 6.68. The van der Waals surface area contributed by atoms with Gasteiger partial charge in [0.2, 0.25) is 0 Å². The number of para-hydroxylation sites is 1. The summed E-state index contributed by atoms with van der Waals surface area (Å²) in [5.74, 6) is 0.982. The van der Waals surface area contributed by atoms with E-state index in [-0.39, 0.29) is 5.75 Å². The van der Waals surface area contributed by atoms with Crippen molar-refractivity contribution >= 4 is 12.1 Å². The lowest BCUT2D eigenvalue weighted by molar-refractivity contribution is -0.518. The first-order valence-electron chi connectivity index (χ1n) is 8.44. The molecule has 0 bridgehead atoms. The van der Waals surface area contributed by atoms with Gasteiger partial charge < -0.3 is 9.84 Å². The molecule has 24 heavy (non-hydrogen) atoms. The summed E-state index contributed by atoms with van der Waals surface area (Å²) < 4.78 is 7.68. The molecule has 0 radical (unpaired) electrons. The average molecular weight is 326 g/mol. The summed E-state index contributed by atoms with van der Waals surface area (Å²) in [7, 11) is 0. The summed E-state index contributed by atoms with van der Waals surface area (Å²) in [6.45, 7) is 4.86. The number of benzene rings is 1. The second kappa shape index (κ2) is 7.37. The van der Waals surface area contributed by atoms with E-state index in [9.17, 15) is 9.90 Å². The first-order chi connectivity index (χ1) is 11.7. The van der Waals surface area contributed by atoms with E-state index in [1.807, 2.05) is 6.92 Å². The number of aldehydes is 1. The molecule has 0 aromatic heterocycles. The van der Waals surface area contributed by atoms with Gasteiger partial charge in [0.25, 0.3) is 5.84 Å². The molecule has 1 aromatic carbocycles. The van der Waals surface area contributed by atoms with Crippen molar-refractivity contribution in [1.82, 2.24) is 4.90 Å². The normalized spacial score (nSPS) is 17.0. The molecule has 0 spiro atoms. The van der Waals surface area contributed by atoms with Gasteiger partial charge in [0.15, 0.2) is 6.29 Å². The van der Waals surface area contributed by atoms with Gasteiger partial charge in [-0.3, -0.25) is 9.37 Å². The van der Waals surface area contributed by atoms with Gasteiger partial charge in [-0.2, -0.15) is 0 Å². The Morgan fingerprint density at radius 1 is 1.29 bits per heavy atom. The molecule has 0 N–H and O–H groups in total. The molecule has 2 aliphatic heterocycles. The third kappa shape index (κ3) is 3.52. The molecule has 5 heteroatoms. The highest BCUT2D eigenvalue weighted by Crippen LogP contribution is 2.19. The minimum atomic E-state index is -0.575. The van der Waals surface area contributed by atoms with Crippen molar-refractivity contribution in [1.29, 1.82) is 0 Å². The second-order valence-corrected chi connectivity index (χ2v) is 6.12. The molecule has 0 amide bonds. The second-order valence-electron chi connectivity index (χ2n) is 6.12. The van der Waals surface area contributed by atoms with Crippen LogP contribution in [-0.2, 0) is 0 Å². The maximum absolute atomic E-state index is 12.2. The van der Waals surface area contributed by atoms with E-state index in [4.69, 9.17) is 4.74 Å². The van der Waals surface area contributed by atoms with Crippen LogP contribution in [-0.4, -0.2) is 41.2 Å². The quantitative estimate of drug-likeness (QED) is 0.367. The molecule has 0 saturated heterocycles. The van der Waals surface area contributed by atoms with E-state index in [2.05, 4.69) is 15.2 Å². The van der Waals surface area contributed by atoms with E-state index in [1.165, 1.54) is 25.1 Å². The monoisotopic (exact) mass is 326 g/mol. The lowest BCUT2D eigenvalue weighted by atomic mass is 10.2. The van der Waals surface area contributed by atoms with Crippen molar-refractivity contribution in [2.24, 2.45) is 0 Å². The van der Waals surface area contributed by atoms with Gasteiger partial charge in [-0.25, -0.2) is 4.90 Å². The van der Waals surface area contributed by atoms with Crippen LogP contribution in [0.4, 0.5) is 0 Å². The lowest BCUT2D eigenvalue weighted by Gasteiger charge is -2.16. The molecular weight excluding hydrogens is 304 g/mol. The van der Waals surface area contributed by atoms with Crippen LogP contribution in [0.3, 0.4) is 0 Å². The Labute approximate surface area is 142 Å². The van der Waals surface area contributed by atoms with Crippen LogP contribution < -0.4 is 9.84 Å². The minimum Gasteiger partial charge on any atom is -0.573 e. The largest absolute Gasteiger partial charge is 0.573 e. The number of carbonyl (C=O) groups excluding carboxylic acids is 1. The van der Waals surface area contributed by atoms with Gasteiger partial charge in [-0.05, 0) is 25.3 Å². The Kier molecular flexibility index (Phi) is 5.02. The van der Waals surface area contributed by atoms with E-state index in [0.29, 0.717) is 11.8 Å². The van der Waals surface area contributed by atoms with Gasteiger partial charge in [-0.15, -0.1) is 0 Å². The number of carbonyl (C=O) groups is 1. The molecule has 2 heterocycles. The van der Waals surface area contributed by atoms with Crippen LogP contribution in [0.1, 0.15) is 43.0 Å². The van der Waals surface area contributed by atoms with Crippen molar-refractivity contribution in [3.8, 4) is 5.75 Å². The van der Waals surface area contributed by atoms with Crippen LogP contribution in [0, 0.1) is 0 Å². The molecule has 0 unspecified atom stereocenters. The van der Waals surface area contributed by atoms with Crippen LogP contribution in [0.15, 0.2) is 41.6 Å². The summed E-state index contributed by atoms with van der Waals surface area (Å²) in [6.07, 6.45) is 5.40. The van der Waals surface area contributed by atoms with E-state index in [0.717, 1.165) is 31.8 Å². The highest BCUT2D eigenvalue weighted by Gasteiger charge is 2.32. The molecule has 0 fully saturated rings. The average Bonchev–Trinajstić information content (AvgIpc) is 2.84. The number of hydrogen-bond donors (Lipinski definition) is 0. The van der Waals surface area contributed by atoms with Crippen molar-refractivity contribution in [2.45, 2.75) is 32.6 Å². The molecule has 1 aromatic rings. The maximum atomic E-state index is 12.2. The predicted octanol–water partition coefficient (Wildman–Crippen LogP) is 1.88. The maximum Gasteiger partial charge on any atom is 0.252 e. The molecule has 0 atom stereocenters. The zero-order chi connectivity index (χ0) is 16.9. The minimum absolute atomic E-state index is 0.267. The number of rotatable bonds is 4. The summed E-state index contributed by atoms with van der Waals surface area (Å²) in [5.41, 5.74) is 3.92. The molecule has 0 aliphatic carbocycles. The van der Waals surface area contributed by atoms with E-state index >= 15 is 0 Å².